The molecule has 1 atom stereocenters. The highest BCUT2D eigenvalue weighted by atomic mass is 16.2. The summed E-state index contributed by atoms with van der Waals surface area (Å²) in [4.78, 5) is 19.2. The highest BCUT2D eigenvalue weighted by molar-refractivity contribution is 5.84. The molecule has 3 fully saturated rings. The van der Waals surface area contributed by atoms with Crippen LogP contribution in [0.25, 0.3) is 5.65 Å². The first-order chi connectivity index (χ1) is 13.1. The number of carbonyl (C=O) groups excluding carboxylic acids is 1. The molecule has 2 aromatic heterocycles. The van der Waals surface area contributed by atoms with E-state index in [1.165, 1.54) is 12.8 Å². The normalized spacial score (nSPS) is 24.9. The lowest BCUT2D eigenvalue weighted by atomic mass is 9.95. The van der Waals surface area contributed by atoms with Gasteiger partial charge < -0.3 is 9.80 Å². The number of amides is 1. The van der Waals surface area contributed by atoms with E-state index in [1.54, 1.807) is 0 Å². The van der Waals surface area contributed by atoms with Gasteiger partial charge in [-0.1, -0.05) is 0 Å². The molecule has 0 radical (unpaired) electrons. The Morgan fingerprint density at radius 3 is 2.48 bits per heavy atom. The van der Waals surface area contributed by atoms with E-state index >= 15 is 0 Å². The summed E-state index contributed by atoms with van der Waals surface area (Å²) >= 11 is 0. The van der Waals surface area contributed by atoms with Crippen molar-refractivity contribution in [3.8, 4) is 0 Å². The predicted molar refractivity (Wildman–Crippen MR) is 102 cm³/mol. The topological polar surface area (TPSA) is 69.9 Å². The van der Waals surface area contributed by atoms with Crippen LogP contribution >= 0.6 is 0 Å². The zero-order chi connectivity index (χ0) is 18.5. The quantitative estimate of drug-likeness (QED) is 0.805. The second-order valence-electron chi connectivity index (χ2n) is 8.29. The molecule has 27 heavy (non-hydrogen) atoms. The molecule has 0 aromatic carbocycles. The Morgan fingerprint density at radius 2 is 1.78 bits per heavy atom. The Bertz CT molecular complexity index is 851. The van der Waals surface area contributed by atoms with E-state index < -0.39 is 0 Å². The van der Waals surface area contributed by atoms with Crippen molar-refractivity contribution in [3.05, 3.63) is 18.0 Å². The van der Waals surface area contributed by atoms with Crippen LogP contribution in [-0.4, -0.2) is 81.3 Å². The monoisotopic (exact) mass is 369 g/mol. The molecule has 2 aliphatic heterocycles. The first-order valence-corrected chi connectivity index (χ1v) is 10.1. The van der Waals surface area contributed by atoms with Gasteiger partial charge in [0, 0.05) is 32.6 Å². The third-order valence-electron chi connectivity index (χ3n) is 6.27. The Morgan fingerprint density at radius 1 is 1.00 bits per heavy atom. The maximum atomic E-state index is 12.7. The van der Waals surface area contributed by atoms with Gasteiger partial charge in [-0.3, -0.25) is 9.69 Å². The Hall–Kier alpha value is -2.22. The van der Waals surface area contributed by atoms with Crippen LogP contribution in [0, 0.1) is 0 Å². The summed E-state index contributed by atoms with van der Waals surface area (Å²) in [5, 5.41) is 13.4. The molecule has 1 amide bonds. The Balaban J connectivity index is 1.29. The third kappa shape index (κ3) is 2.96. The fourth-order valence-electron chi connectivity index (χ4n) is 4.53. The van der Waals surface area contributed by atoms with Crippen molar-refractivity contribution in [2.45, 2.75) is 50.1 Å². The number of carbonyl (C=O) groups is 1. The molecule has 4 heterocycles. The first kappa shape index (κ1) is 16.9. The minimum atomic E-state index is 0.0974. The lowest BCUT2D eigenvalue weighted by Crippen LogP contribution is -2.46. The largest absolute Gasteiger partial charge is 0.361 e. The summed E-state index contributed by atoms with van der Waals surface area (Å²) in [6.07, 6.45) is 5.39. The fourth-order valence-corrected chi connectivity index (χ4v) is 4.53. The number of nitrogens with zero attached hydrogens (tertiary/aromatic N) is 7. The summed E-state index contributed by atoms with van der Waals surface area (Å²) in [6.45, 7) is 2.84. The van der Waals surface area contributed by atoms with Gasteiger partial charge >= 0.3 is 0 Å². The van der Waals surface area contributed by atoms with E-state index in [0.717, 1.165) is 56.2 Å². The van der Waals surface area contributed by atoms with Gasteiger partial charge in [-0.05, 0) is 57.3 Å². The molecular weight excluding hydrogens is 342 g/mol. The van der Waals surface area contributed by atoms with Gasteiger partial charge in [-0.25, -0.2) is 0 Å². The molecule has 0 N–H and O–H groups in total. The standard InChI is InChI=1S/C19H27N7O/c1-23(2)17-6-5-16-20-21-18(26(16)22-17)13-7-10-24(11-8-13)15-9-12-25(19(15)27)14-3-4-14/h5-6,13-15H,3-4,7-12H2,1-2H3. The molecular formula is C19H27N7O. The van der Waals surface area contributed by atoms with Crippen molar-refractivity contribution in [1.82, 2.24) is 29.6 Å². The number of likely N-dealkylation sites (tertiary alicyclic amines) is 2. The molecule has 1 aliphatic carbocycles. The molecule has 144 valence electrons. The number of hydrogen-bond acceptors (Lipinski definition) is 6. The van der Waals surface area contributed by atoms with E-state index in [4.69, 9.17) is 5.10 Å². The molecule has 8 nitrogen and oxygen atoms in total. The van der Waals surface area contributed by atoms with E-state index in [2.05, 4.69) is 20.0 Å². The maximum absolute atomic E-state index is 12.7. The number of rotatable bonds is 4. The molecule has 8 heteroatoms. The number of fused-ring (bicyclic) bond motifs is 1. The van der Waals surface area contributed by atoms with Crippen molar-refractivity contribution in [1.29, 1.82) is 0 Å². The minimum Gasteiger partial charge on any atom is -0.361 e. The SMILES string of the molecule is CN(C)c1ccc2nnc(C3CCN(C4CCN(C5CC5)C4=O)CC3)n2n1. The van der Waals surface area contributed by atoms with Crippen molar-refractivity contribution >= 4 is 17.4 Å². The van der Waals surface area contributed by atoms with Crippen LogP contribution in [0.1, 0.15) is 43.8 Å². The lowest BCUT2D eigenvalue weighted by Gasteiger charge is -2.34. The summed E-state index contributed by atoms with van der Waals surface area (Å²) in [6, 6.07) is 4.57. The van der Waals surface area contributed by atoms with Gasteiger partial charge in [0.15, 0.2) is 11.5 Å². The molecule has 2 aromatic rings. The fraction of sp³-hybridized carbons (Fsp3) is 0.684. The molecule has 3 aliphatic rings. The zero-order valence-electron chi connectivity index (χ0n) is 16.1. The van der Waals surface area contributed by atoms with Crippen LogP contribution in [-0.2, 0) is 4.79 Å². The van der Waals surface area contributed by atoms with Gasteiger partial charge in [-0.15, -0.1) is 15.3 Å². The maximum Gasteiger partial charge on any atom is 0.240 e. The zero-order valence-corrected chi connectivity index (χ0v) is 16.1. The average molecular weight is 369 g/mol. The van der Waals surface area contributed by atoms with Gasteiger partial charge in [-0.2, -0.15) is 4.52 Å². The van der Waals surface area contributed by atoms with Gasteiger partial charge in [0.1, 0.15) is 5.82 Å². The summed E-state index contributed by atoms with van der Waals surface area (Å²) < 4.78 is 1.89. The highest BCUT2D eigenvalue weighted by Crippen LogP contribution is 2.34. The molecule has 1 saturated carbocycles. The highest BCUT2D eigenvalue weighted by Gasteiger charge is 2.43. The van der Waals surface area contributed by atoms with E-state index in [1.807, 2.05) is 35.6 Å². The first-order valence-electron chi connectivity index (χ1n) is 10.1. The number of aromatic nitrogens is 4. The molecule has 2 saturated heterocycles. The van der Waals surface area contributed by atoms with Crippen molar-refractivity contribution in [2.75, 3.05) is 38.6 Å². The van der Waals surface area contributed by atoms with Crippen molar-refractivity contribution in [3.63, 3.8) is 0 Å². The number of anilines is 1. The smallest absolute Gasteiger partial charge is 0.240 e. The summed E-state index contributed by atoms with van der Waals surface area (Å²) in [7, 11) is 3.97. The summed E-state index contributed by atoms with van der Waals surface area (Å²) in [5.74, 6) is 2.56. The van der Waals surface area contributed by atoms with Crippen LogP contribution in [0.3, 0.4) is 0 Å². The van der Waals surface area contributed by atoms with Crippen LogP contribution in [0.5, 0.6) is 0 Å². The van der Waals surface area contributed by atoms with Crippen LogP contribution in [0.15, 0.2) is 12.1 Å². The van der Waals surface area contributed by atoms with E-state index in [0.29, 0.717) is 17.9 Å². The minimum absolute atomic E-state index is 0.0974. The lowest BCUT2D eigenvalue weighted by molar-refractivity contribution is -0.133. The van der Waals surface area contributed by atoms with Crippen LogP contribution < -0.4 is 4.90 Å². The number of hydrogen-bond donors (Lipinski definition) is 0. The van der Waals surface area contributed by atoms with Crippen LogP contribution in [0.2, 0.25) is 0 Å². The van der Waals surface area contributed by atoms with Gasteiger partial charge in [0.2, 0.25) is 5.91 Å². The van der Waals surface area contributed by atoms with E-state index in [9.17, 15) is 4.79 Å². The van der Waals surface area contributed by atoms with Crippen LogP contribution in [0.4, 0.5) is 5.82 Å². The molecule has 0 bridgehead atoms. The van der Waals surface area contributed by atoms with Crippen molar-refractivity contribution < 1.29 is 4.79 Å². The van der Waals surface area contributed by atoms with Crippen molar-refractivity contribution in [2.24, 2.45) is 0 Å². The Labute approximate surface area is 159 Å². The molecule has 5 rings (SSSR count). The van der Waals surface area contributed by atoms with E-state index in [-0.39, 0.29) is 6.04 Å². The average Bonchev–Trinajstić information content (AvgIpc) is 3.32. The predicted octanol–water partition coefficient (Wildman–Crippen LogP) is 1.13. The van der Waals surface area contributed by atoms with Gasteiger partial charge in [0.05, 0.1) is 6.04 Å². The second-order valence-corrected chi connectivity index (χ2v) is 8.29. The molecule has 0 spiro atoms. The third-order valence-corrected chi connectivity index (χ3v) is 6.27. The van der Waals surface area contributed by atoms with Gasteiger partial charge in [0.25, 0.3) is 0 Å². The summed E-state index contributed by atoms with van der Waals surface area (Å²) in [5.41, 5.74) is 0.795. The number of piperidine rings is 1. The second kappa shape index (κ2) is 6.44. The molecule has 1 unspecified atom stereocenters. The Kier molecular flexibility index (Phi) is 4.03.